The van der Waals surface area contributed by atoms with E-state index < -0.39 is 5.97 Å². The van der Waals surface area contributed by atoms with Gasteiger partial charge in [0.1, 0.15) is 22.8 Å². The molecule has 5 rings (SSSR count). The highest BCUT2D eigenvalue weighted by atomic mass is 16.5. The molecule has 0 radical (unpaired) electrons. The van der Waals surface area contributed by atoms with Crippen molar-refractivity contribution < 1.29 is 28.5 Å². The zero-order valence-electron chi connectivity index (χ0n) is 32.6. The molecule has 6 nitrogen and oxygen atoms in total. The average molecular weight is 711 g/mol. The van der Waals surface area contributed by atoms with E-state index in [1.54, 1.807) is 36.4 Å². The van der Waals surface area contributed by atoms with Crippen LogP contribution >= 0.6 is 0 Å². The Morgan fingerprint density at radius 1 is 0.750 bits per heavy atom. The van der Waals surface area contributed by atoms with Crippen molar-refractivity contribution in [1.29, 1.82) is 0 Å². The van der Waals surface area contributed by atoms with Gasteiger partial charge in [-0.1, -0.05) is 105 Å². The van der Waals surface area contributed by atoms with Crippen molar-refractivity contribution in [2.75, 3.05) is 6.61 Å². The number of esters is 2. The standard InChI is InChI=1S/C46H62O6/c1-7-9-11-13-14-16-30-49-39-27-28-40(41(31-39)52-46-32-33(3)18-29-42(46)45(46,5)6)35-19-21-36(22-20-35)44(48)51-38-25-23-37(24-26-38)43(47)50-34(4)17-15-12-10-8-2/h19-28,31,33-34,42H,7-18,29-30,32H2,1-6H3. The van der Waals surface area contributed by atoms with Gasteiger partial charge in [-0.2, -0.15) is 0 Å². The van der Waals surface area contributed by atoms with Gasteiger partial charge in [0.2, 0.25) is 0 Å². The van der Waals surface area contributed by atoms with Crippen LogP contribution in [0.1, 0.15) is 152 Å². The molecule has 0 saturated heterocycles. The molecular weight excluding hydrogens is 648 g/mol. The number of benzene rings is 3. The molecule has 0 N–H and O–H groups in total. The summed E-state index contributed by atoms with van der Waals surface area (Å²) in [6.07, 6.45) is 16.1. The van der Waals surface area contributed by atoms with Crippen LogP contribution in [0.5, 0.6) is 17.2 Å². The molecule has 0 aromatic heterocycles. The highest BCUT2D eigenvalue weighted by Gasteiger charge is 2.74. The lowest BCUT2D eigenvalue weighted by molar-refractivity contribution is 0.0319. The van der Waals surface area contributed by atoms with Crippen LogP contribution < -0.4 is 14.2 Å². The molecule has 4 atom stereocenters. The second-order valence-electron chi connectivity index (χ2n) is 16.0. The van der Waals surface area contributed by atoms with Gasteiger partial charge in [0.15, 0.2) is 0 Å². The third-order valence-electron chi connectivity index (χ3n) is 11.6. The normalized spacial score (nSPS) is 20.7. The summed E-state index contributed by atoms with van der Waals surface area (Å²) in [6.45, 7) is 14.1. The van der Waals surface area contributed by atoms with E-state index >= 15 is 0 Å². The number of carbonyl (C=O) groups excluding carboxylic acids is 2. The predicted molar refractivity (Wildman–Crippen MR) is 209 cm³/mol. The van der Waals surface area contributed by atoms with Gasteiger partial charge in [-0.25, -0.2) is 9.59 Å². The minimum atomic E-state index is -0.463. The molecule has 0 amide bonds. The Hall–Kier alpha value is -3.80. The van der Waals surface area contributed by atoms with Gasteiger partial charge in [0.25, 0.3) is 0 Å². The van der Waals surface area contributed by atoms with Gasteiger partial charge in [-0.05, 0) is 99.0 Å². The molecule has 2 fully saturated rings. The van der Waals surface area contributed by atoms with Crippen LogP contribution in [0.15, 0.2) is 66.7 Å². The van der Waals surface area contributed by atoms with Crippen LogP contribution in [-0.2, 0) is 4.74 Å². The fourth-order valence-electron chi connectivity index (χ4n) is 8.20. The van der Waals surface area contributed by atoms with E-state index in [1.165, 1.54) is 57.8 Å². The first kappa shape index (κ1) is 39.4. The summed E-state index contributed by atoms with van der Waals surface area (Å²) in [5.41, 5.74) is 2.76. The van der Waals surface area contributed by atoms with Crippen molar-refractivity contribution in [3.8, 4) is 28.4 Å². The van der Waals surface area contributed by atoms with Crippen LogP contribution in [0.3, 0.4) is 0 Å². The van der Waals surface area contributed by atoms with Crippen LogP contribution in [-0.4, -0.2) is 30.3 Å². The van der Waals surface area contributed by atoms with Crippen molar-refractivity contribution >= 4 is 11.9 Å². The third-order valence-corrected chi connectivity index (χ3v) is 11.6. The zero-order chi connectivity index (χ0) is 37.1. The van der Waals surface area contributed by atoms with E-state index in [1.807, 2.05) is 25.1 Å². The number of hydrogen-bond donors (Lipinski definition) is 0. The predicted octanol–water partition coefficient (Wildman–Crippen LogP) is 12.4. The first-order valence-electron chi connectivity index (χ1n) is 20.2. The van der Waals surface area contributed by atoms with E-state index in [9.17, 15) is 9.59 Å². The maximum absolute atomic E-state index is 13.1. The second kappa shape index (κ2) is 18.3. The lowest BCUT2D eigenvalue weighted by Crippen LogP contribution is -2.31. The molecular formula is C46H62O6. The number of hydrogen-bond acceptors (Lipinski definition) is 6. The lowest BCUT2D eigenvalue weighted by Gasteiger charge is -2.30. The maximum Gasteiger partial charge on any atom is 0.343 e. The summed E-state index contributed by atoms with van der Waals surface area (Å²) in [5, 5.41) is 0. The molecule has 2 saturated carbocycles. The summed E-state index contributed by atoms with van der Waals surface area (Å²) in [4.78, 5) is 25.8. The topological polar surface area (TPSA) is 71.1 Å². The van der Waals surface area contributed by atoms with E-state index in [-0.39, 0.29) is 23.1 Å². The quantitative estimate of drug-likeness (QED) is 0.0660. The molecule has 0 heterocycles. The molecule has 6 heteroatoms. The summed E-state index contributed by atoms with van der Waals surface area (Å²) >= 11 is 0. The summed E-state index contributed by atoms with van der Waals surface area (Å²) < 4.78 is 24.7. The SMILES string of the molecule is CCCCCCCCOc1ccc(-c2ccc(C(=O)Oc3ccc(C(=O)OC(C)CCCCCC)cc3)cc2)c(OC23CC(C)CCC2C3(C)C)c1. The minimum absolute atomic E-state index is 0.114. The van der Waals surface area contributed by atoms with E-state index in [4.69, 9.17) is 18.9 Å². The first-order chi connectivity index (χ1) is 25.1. The maximum atomic E-state index is 13.1. The lowest BCUT2D eigenvalue weighted by atomic mass is 9.88. The van der Waals surface area contributed by atoms with Crippen molar-refractivity contribution in [1.82, 2.24) is 0 Å². The van der Waals surface area contributed by atoms with Gasteiger partial charge in [0, 0.05) is 23.0 Å². The van der Waals surface area contributed by atoms with Gasteiger partial charge >= 0.3 is 11.9 Å². The zero-order valence-corrected chi connectivity index (χ0v) is 32.6. The monoisotopic (exact) mass is 710 g/mol. The molecule has 2 aliphatic carbocycles. The average Bonchev–Trinajstić information content (AvgIpc) is 3.61. The fraction of sp³-hybridized carbons (Fsp3) is 0.565. The number of ether oxygens (including phenoxy) is 4. The van der Waals surface area contributed by atoms with Crippen molar-refractivity contribution in [2.24, 2.45) is 17.3 Å². The Labute approximate surface area is 313 Å². The highest BCUT2D eigenvalue weighted by Crippen LogP contribution is 2.71. The van der Waals surface area contributed by atoms with Gasteiger partial charge in [-0.15, -0.1) is 0 Å². The minimum Gasteiger partial charge on any atom is -0.493 e. The highest BCUT2D eigenvalue weighted by molar-refractivity contribution is 5.92. The largest absolute Gasteiger partial charge is 0.493 e. The number of unbranched alkanes of at least 4 members (excludes halogenated alkanes) is 8. The van der Waals surface area contributed by atoms with E-state index in [2.05, 4.69) is 46.8 Å². The van der Waals surface area contributed by atoms with Crippen LogP contribution in [0, 0.1) is 17.3 Å². The Balaban J connectivity index is 1.24. The van der Waals surface area contributed by atoms with Gasteiger partial charge in [0.05, 0.1) is 23.8 Å². The summed E-state index contributed by atoms with van der Waals surface area (Å²) in [7, 11) is 0. The Morgan fingerprint density at radius 3 is 2.08 bits per heavy atom. The smallest absolute Gasteiger partial charge is 0.343 e. The first-order valence-corrected chi connectivity index (χ1v) is 20.2. The van der Waals surface area contributed by atoms with Crippen molar-refractivity contribution in [3.63, 3.8) is 0 Å². The Kier molecular flexibility index (Phi) is 13.9. The Bertz CT molecular complexity index is 1590. The fourth-order valence-corrected chi connectivity index (χ4v) is 8.20. The van der Waals surface area contributed by atoms with Crippen LogP contribution in [0.2, 0.25) is 0 Å². The molecule has 0 spiro atoms. The molecule has 0 bridgehead atoms. The van der Waals surface area contributed by atoms with Crippen LogP contribution in [0.25, 0.3) is 11.1 Å². The van der Waals surface area contributed by atoms with E-state index in [0.717, 1.165) is 54.7 Å². The van der Waals surface area contributed by atoms with Gasteiger partial charge in [-0.3, -0.25) is 0 Å². The molecule has 52 heavy (non-hydrogen) atoms. The van der Waals surface area contributed by atoms with Crippen molar-refractivity contribution in [2.45, 2.75) is 143 Å². The summed E-state index contributed by atoms with van der Waals surface area (Å²) in [5.74, 6) is 2.37. The Morgan fingerprint density at radius 2 is 1.37 bits per heavy atom. The molecule has 3 aromatic rings. The number of carbonyl (C=O) groups is 2. The van der Waals surface area contributed by atoms with Crippen LogP contribution in [0.4, 0.5) is 0 Å². The second-order valence-corrected chi connectivity index (χ2v) is 16.0. The van der Waals surface area contributed by atoms with Gasteiger partial charge < -0.3 is 18.9 Å². The summed E-state index contributed by atoms with van der Waals surface area (Å²) in [6, 6.07) is 20.2. The number of fused-ring (bicyclic) bond motifs is 1. The van der Waals surface area contributed by atoms with Crippen molar-refractivity contribution in [3.05, 3.63) is 77.9 Å². The van der Waals surface area contributed by atoms with E-state index in [0.29, 0.717) is 35.3 Å². The molecule has 2 aliphatic rings. The third kappa shape index (κ3) is 9.79. The molecule has 4 unspecified atom stereocenters. The molecule has 3 aromatic carbocycles. The molecule has 282 valence electrons. The number of rotatable bonds is 20. The molecule has 0 aliphatic heterocycles.